The maximum atomic E-state index is 11.3. The van der Waals surface area contributed by atoms with Gasteiger partial charge in [-0.15, -0.1) is 0 Å². The highest BCUT2D eigenvalue weighted by Crippen LogP contribution is 2.15. The predicted molar refractivity (Wildman–Crippen MR) is 50.7 cm³/mol. The van der Waals surface area contributed by atoms with Gasteiger partial charge in [0.05, 0.1) is 13.7 Å². The van der Waals surface area contributed by atoms with Crippen LogP contribution in [0, 0.1) is 0 Å². The summed E-state index contributed by atoms with van der Waals surface area (Å²) in [6.07, 6.45) is 0.132. The zero-order valence-electron chi connectivity index (χ0n) is 8.03. The van der Waals surface area contributed by atoms with Gasteiger partial charge in [0.25, 0.3) is 0 Å². The Kier molecular flexibility index (Phi) is 2.50. The first-order chi connectivity index (χ1) is 6.79. The summed E-state index contributed by atoms with van der Waals surface area (Å²) in [5.74, 6) is -0.299. The maximum absolute atomic E-state index is 11.3. The van der Waals surface area contributed by atoms with Gasteiger partial charge in [-0.25, -0.2) is 4.79 Å². The number of hydrogen-bond acceptors (Lipinski definition) is 3. The van der Waals surface area contributed by atoms with Gasteiger partial charge in [0.1, 0.15) is 0 Å². The first kappa shape index (κ1) is 9.21. The molecule has 1 aromatic carbocycles. The van der Waals surface area contributed by atoms with Gasteiger partial charge in [-0.05, 0) is 11.1 Å². The number of carbonyl (C=O) groups excluding carboxylic acids is 1. The Morgan fingerprint density at radius 1 is 1.36 bits per heavy atom. The smallest absolute Gasteiger partial charge is 0.335 e. The molecule has 3 nitrogen and oxygen atoms in total. The van der Waals surface area contributed by atoms with E-state index in [4.69, 9.17) is 4.74 Å². The lowest BCUT2D eigenvalue weighted by molar-refractivity contribution is -0.155. The lowest BCUT2D eigenvalue weighted by Crippen LogP contribution is -2.28. The van der Waals surface area contributed by atoms with Gasteiger partial charge < -0.3 is 9.47 Å². The molecule has 0 aliphatic carbocycles. The summed E-state index contributed by atoms with van der Waals surface area (Å²) < 4.78 is 10.1. The molecule has 1 aromatic rings. The summed E-state index contributed by atoms with van der Waals surface area (Å²) in [4.78, 5) is 11.3. The van der Waals surface area contributed by atoms with E-state index in [0.717, 1.165) is 11.1 Å². The molecule has 2 heterocycles. The predicted octanol–water partition coefficient (Wildman–Crippen LogP) is 1.30. The van der Waals surface area contributed by atoms with Gasteiger partial charge in [0.2, 0.25) is 0 Å². The number of methoxy groups -OCH3 is 1. The molecule has 0 aromatic heterocycles. The van der Waals surface area contributed by atoms with Crippen molar-refractivity contribution in [2.45, 2.75) is 19.1 Å². The van der Waals surface area contributed by atoms with Gasteiger partial charge in [-0.2, -0.15) is 0 Å². The molecule has 0 N–H and O–H groups in total. The van der Waals surface area contributed by atoms with E-state index < -0.39 is 6.10 Å². The van der Waals surface area contributed by atoms with Gasteiger partial charge in [-0.3, -0.25) is 0 Å². The van der Waals surface area contributed by atoms with Crippen LogP contribution in [0.25, 0.3) is 0 Å². The summed E-state index contributed by atoms with van der Waals surface area (Å²) in [5, 5.41) is 0. The van der Waals surface area contributed by atoms with E-state index in [2.05, 4.69) is 4.74 Å². The third-order valence-electron chi connectivity index (χ3n) is 2.36. The number of fused-ring (bicyclic) bond motifs is 5. The van der Waals surface area contributed by atoms with Crippen LogP contribution in [0.15, 0.2) is 24.3 Å². The van der Waals surface area contributed by atoms with Crippen LogP contribution in [0.3, 0.4) is 0 Å². The summed E-state index contributed by atoms with van der Waals surface area (Å²) in [6, 6.07) is 8.08. The molecule has 2 aliphatic heterocycles. The molecule has 74 valence electrons. The van der Waals surface area contributed by atoms with E-state index in [0.29, 0.717) is 13.0 Å². The Morgan fingerprint density at radius 3 is 2.64 bits per heavy atom. The SMILES string of the molecule is COC(=O)C1Cc2ccc(cc2)CO1. The zero-order valence-corrected chi connectivity index (χ0v) is 8.03. The second kappa shape index (κ2) is 3.80. The van der Waals surface area contributed by atoms with Crippen LogP contribution in [-0.4, -0.2) is 19.2 Å². The van der Waals surface area contributed by atoms with Crippen LogP contribution in [0.5, 0.6) is 0 Å². The molecular formula is C11H12O3. The molecule has 3 heteroatoms. The summed E-state index contributed by atoms with van der Waals surface area (Å²) in [6.45, 7) is 0.472. The lowest BCUT2D eigenvalue weighted by atomic mass is 10.0. The Hall–Kier alpha value is -1.35. The largest absolute Gasteiger partial charge is 0.467 e. The van der Waals surface area contributed by atoms with Crippen molar-refractivity contribution in [2.24, 2.45) is 0 Å². The molecule has 0 amide bonds. The highest BCUT2D eigenvalue weighted by atomic mass is 16.6. The second-order valence-electron chi connectivity index (χ2n) is 3.34. The number of hydrogen-bond donors (Lipinski definition) is 0. The van der Waals surface area contributed by atoms with E-state index in [1.165, 1.54) is 7.11 Å². The molecule has 0 saturated carbocycles. The zero-order chi connectivity index (χ0) is 9.97. The van der Waals surface area contributed by atoms with Crippen LogP contribution in [0.4, 0.5) is 0 Å². The molecular weight excluding hydrogens is 180 g/mol. The van der Waals surface area contributed by atoms with Gasteiger partial charge in [0.15, 0.2) is 6.10 Å². The average molecular weight is 192 g/mol. The van der Waals surface area contributed by atoms with Crippen LogP contribution >= 0.6 is 0 Å². The molecule has 2 aliphatic rings. The third-order valence-corrected chi connectivity index (χ3v) is 2.36. The van der Waals surface area contributed by atoms with Gasteiger partial charge in [0, 0.05) is 6.42 Å². The summed E-state index contributed by atoms with van der Waals surface area (Å²) in [7, 11) is 1.38. The normalized spacial score (nSPS) is 19.9. The lowest BCUT2D eigenvalue weighted by Gasteiger charge is -2.18. The summed E-state index contributed by atoms with van der Waals surface area (Å²) in [5.41, 5.74) is 2.19. The highest BCUT2D eigenvalue weighted by Gasteiger charge is 2.22. The standard InChI is InChI=1S/C11H12O3/c1-13-11(12)10-6-8-2-4-9(5-3-8)7-14-10/h2-5,10H,6-7H2,1H3. The number of ether oxygens (including phenoxy) is 2. The van der Waals surface area contributed by atoms with Crippen molar-refractivity contribution >= 4 is 5.97 Å². The Morgan fingerprint density at radius 2 is 2.00 bits per heavy atom. The van der Waals surface area contributed by atoms with Crippen molar-refractivity contribution in [3.63, 3.8) is 0 Å². The first-order valence-corrected chi connectivity index (χ1v) is 4.57. The van der Waals surface area contributed by atoms with Crippen molar-refractivity contribution in [2.75, 3.05) is 7.11 Å². The van der Waals surface area contributed by atoms with Crippen molar-refractivity contribution in [1.82, 2.24) is 0 Å². The Labute approximate surface area is 82.6 Å². The Balaban J connectivity index is 2.19. The molecule has 0 radical (unpaired) electrons. The minimum absolute atomic E-state index is 0.299. The van der Waals surface area contributed by atoms with Crippen LogP contribution in [-0.2, 0) is 27.3 Å². The molecule has 0 fully saturated rings. The van der Waals surface area contributed by atoms with Crippen LogP contribution < -0.4 is 0 Å². The summed E-state index contributed by atoms with van der Waals surface area (Å²) >= 11 is 0. The van der Waals surface area contributed by atoms with Gasteiger partial charge >= 0.3 is 5.97 Å². The second-order valence-corrected chi connectivity index (χ2v) is 3.34. The molecule has 0 spiro atoms. The van der Waals surface area contributed by atoms with Crippen molar-refractivity contribution in [3.05, 3.63) is 35.4 Å². The van der Waals surface area contributed by atoms with E-state index in [1.807, 2.05) is 24.3 Å². The minimum atomic E-state index is -0.458. The number of benzene rings is 1. The number of rotatable bonds is 1. The van der Waals surface area contributed by atoms with E-state index in [-0.39, 0.29) is 5.97 Å². The van der Waals surface area contributed by atoms with Gasteiger partial charge in [-0.1, -0.05) is 24.3 Å². The topological polar surface area (TPSA) is 35.5 Å². The highest BCUT2D eigenvalue weighted by molar-refractivity contribution is 5.75. The number of esters is 1. The van der Waals surface area contributed by atoms with Crippen LogP contribution in [0.1, 0.15) is 11.1 Å². The fourth-order valence-corrected chi connectivity index (χ4v) is 1.52. The molecule has 1 unspecified atom stereocenters. The fraction of sp³-hybridized carbons (Fsp3) is 0.364. The van der Waals surface area contributed by atoms with Crippen molar-refractivity contribution in [1.29, 1.82) is 0 Å². The molecule has 14 heavy (non-hydrogen) atoms. The van der Waals surface area contributed by atoms with Crippen molar-refractivity contribution in [3.8, 4) is 0 Å². The van der Waals surface area contributed by atoms with E-state index in [9.17, 15) is 4.79 Å². The van der Waals surface area contributed by atoms with E-state index >= 15 is 0 Å². The quantitative estimate of drug-likeness (QED) is 0.629. The van der Waals surface area contributed by atoms with Crippen molar-refractivity contribution < 1.29 is 14.3 Å². The van der Waals surface area contributed by atoms with E-state index in [1.54, 1.807) is 0 Å². The van der Waals surface area contributed by atoms with Crippen LogP contribution in [0.2, 0.25) is 0 Å². The fourth-order valence-electron chi connectivity index (χ4n) is 1.52. The third kappa shape index (κ3) is 1.77. The minimum Gasteiger partial charge on any atom is -0.467 e. The Bertz CT molecular complexity index is 329. The molecule has 0 saturated heterocycles. The molecule has 2 bridgehead atoms. The number of carbonyl (C=O) groups is 1. The molecule has 1 atom stereocenters. The average Bonchev–Trinajstić information content (AvgIpc) is 2.18. The molecule has 3 rings (SSSR count). The monoisotopic (exact) mass is 192 g/mol. The first-order valence-electron chi connectivity index (χ1n) is 4.57. The maximum Gasteiger partial charge on any atom is 0.335 e.